The van der Waals surface area contributed by atoms with Crippen molar-refractivity contribution in [1.29, 1.82) is 0 Å². The van der Waals surface area contributed by atoms with E-state index < -0.39 is 53.3 Å². The van der Waals surface area contributed by atoms with Crippen LogP contribution in [-0.4, -0.2) is 107 Å². The van der Waals surface area contributed by atoms with Crippen molar-refractivity contribution < 1.29 is 56.1 Å². The van der Waals surface area contributed by atoms with Crippen LogP contribution < -0.4 is 20.2 Å². The molecule has 1 atom stereocenters. The molecule has 2 aliphatic heterocycles. The van der Waals surface area contributed by atoms with E-state index in [2.05, 4.69) is 4.98 Å². The van der Waals surface area contributed by atoms with E-state index >= 15 is 0 Å². The largest absolute Gasteiger partial charge is 0.493 e. The molecule has 6 aromatic rings. The minimum Gasteiger partial charge on any atom is -0.493 e. The number of rotatable bonds is 9. The molecule has 0 aliphatic carbocycles. The number of likely N-dealkylation sites (N-methyl/N-ethyl adjacent to an activating group) is 1. The second kappa shape index (κ2) is 15.2. The number of ether oxygens (including phenoxy) is 3. The maximum absolute atomic E-state index is 14.6. The predicted molar refractivity (Wildman–Crippen MR) is 209 cm³/mol. The van der Waals surface area contributed by atoms with Crippen LogP contribution in [-0.2, 0) is 17.3 Å². The van der Waals surface area contributed by atoms with Gasteiger partial charge in [0.05, 0.1) is 29.4 Å². The molecule has 19 heteroatoms. The Balaban J connectivity index is 1.19. The summed E-state index contributed by atoms with van der Waals surface area (Å²) in [5, 5.41) is 10.5. The first kappa shape index (κ1) is 39.6. The monoisotopic (exact) mass is 836 g/mol. The minimum atomic E-state index is -5.09. The van der Waals surface area contributed by atoms with Gasteiger partial charge in [-0.1, -0.05) is 23.7 Å². The summed E-state index contributed by atoms with van der Waals surface area (Å²) in [4.78, 5) is 61.9. The van der Waals surface area contributed by atoms with E-state index in [0.717, 1.165) is 4.68 Å². The Bertz CT molecular complexity index is 2690. The van der Waals surface area contributed by atoms with E-state index in [0.29, 0.717) is 40.7 Å². The molecule has 2 amide bonds. The maximum Gasteiger partial charge on any atom is 0.432 e. The standard InChI is InChI=1S/C40H36ClF3N6O9/c1-47-11-12-48(23(18-47)9-13-51)39(55)59-29-17-26-24(31-32(38(54)57-19-41)36(40(42,43)44)46-33(29)31)8-10-49(26)37(53)27-15-22-14-20(6-7-25(22)50(27)45)34(52)30-16-21-4-3-5-28(56-2)35(21)58-30/h3-7,14-17,23,46,51H,8-13,18-19,45H2,1-2H3. The quantitative estimate of drug-likeness (QED) is 0.0682. The minimum absolute atomic E-state index is 0.00905. The molecule has 308 valence electrons. The topological polar surface area (TPSA) is 186 Å². The second-order valence-electron chi connectivity index (χ2n) is 14.2. The van der Waals surface area contributed by atoms with Gasteiger partial charge in [-0.2, -0.15) is 13.2 Å². The number of nitrogens with zero attached hydrogens (tertiary/aromatic N) is 4. The number of methoxy groups -OCH3 is 1. The SMILES string of the molecule is COc1cccc2cc(C(=O)c3ccc4c(c3)cc(C(=O)N3CCc5c3cc(OC(=O)N3CCN(C)CC3CCO)c3[nH]c(C(F)(F)F)c(C(=O)OCCl)c53)n4N)oc12. The van der Waals surface area contributed by atoms with Gasteiger partial charge in [0.15, 0.2) is 28.9 Å². The van der Waals surface area contributed by atoms with E-state index in [4.69, 9.17) is 36.1 Å². The van der Waals surface area contributed by atoms with Gasteiger partial charge in [0.2, 0.25) is 5.78 Å². The number of aromatic amines is 1. The number of nitrogens with one attached hydrogen (secondary N) is 1. The number of hydrogen-bond donors (Lipinski definition) is 3. The predicted octanol–water partition coefficient (Wildman–Crippen LogP) is 5.89. The molecule has 5 heterocycles. The number of alkyl halides is 4. The number of H-pyrrole nitrogens is 1. The summed E-state index contributed by atoms with van der Waals surface area (Å²) < 4.78 is 66.8. The number of carbonyl (C=O) groups is 4. The van der Waals surface area contributed by atoms with Crippen LogP contribution >= 0.6 is 11.6 Å². The highest BCUT2D eigenvalue weighted by Crippen LogP contribution is 2.46. The number of anilines is 1. The Labute approximate surface area is 337 Å². The third kappa shape index (κ3) is 6.85. The second-order valence-corrected chi connectivity index (χ2v) is 14.4. The molecule has 2 aliphatic rings. The number of hydrogen-bond acceptors (Lipinski definition) is 11. The van der Waals surface area contributed by atoms with Crippen molar-refractivity contribution in [3.8, 4) is 11.5 Å². The molecule has 59 heavy (non-hydrogen) atoms. The number of aliphatic hydroxyl groups is 1. The summed E-state index contributed by atoms with van der Waals surface area (Å²) in [6.07, 6.45) is -5.79. The summed E-state index contributed by atoms with van der Waals surface area (Å²) in [6, 6.07) is 13.0. The number of para-hydroxylation sites is 1. The molecule has 15 nitrogen and oxygen atoms in total. The van der Waals surface area contributed by atoms with Crippen LogP contribution in [0, 0.1) is 0 Å². The van der Waals surface area contributed by atoms with Crippen LogP contribution in [0.2, 0.25) is 0 Å². The number of ketones is 1. The maximum atomic E-state index is 14.6. The summed E-state index contributed by atoms with van der Waals surface area (Å²) in [7, 11) is 3.34. The molecule has 1 saturated heterocycles. The number of piperazine rings is 1. The first-order chi connectivity index (χ1) is 28.2. The Morgan fingerprint density at radius 1 is 1.03 bits per heavy atom. The molecule has 0 bridgehead atoms. The molecule has 8 rings (SSSR count). The molecular weight excluding hydrogens is 801 g/mol. The fourth-order valence-electron chi connectivity index (χ4n) is 8.00. The van der Waals surface area contributed by atoms with Crippen molar-refractivity contribution in [3.05, 3.63) is 88.4 Å². The number of nitrogen functional groups attached to an aromatic ring is 1. The van der Waals surface area contributed by atoms with Crippen LogP contribution in [0.4, 0.5) is 23.7 Å². The van der Waals surface area contributed by atoms with Gasteiger partial charge in [-0.25, -0.2) is 9.59 Å². The molecule has 0 spiro atoms. The lowest BCUT2D eigenvalue weighted by Gasteiger charge is -2.39. The molecule has 3 aromatic carbocycles. The summed E-state index contributed by atoms with van der Waals surface area (Å²) in [6.45, 7) is 0.782. The number of amides is 2. The number of fused-ring (bicyclic) bond motifs is 5. The van der Waals surface area contributed by atoms with Crippen LogP contribution in [0.3, 0.4) is 0 Å². The fraction of sp³-hybridized carbons (Fsp3) is 0.300. The van der Waals surface area contributed by atoms with Crippen molar-refractivity contribution in [1.82, 2.24) is 19.5 Å². The van der Waals surface area contributed by atoms with Gasteiger partial charge in [0, 0.05) is 66.6 Å². The van der Waals surface area contributed by atoms with Gasteiger partial charge in [0.25, 0.3) is 5.91 Å². The average molecular weight is 837 g/mol. The Hall–Kier alpha value is -6.24. The van der Waals surface area contributed by atoms with Crippen LogP contribution in [0.25, 0.3) is 32.8 Å². The van der Waals surface area contributed by atoms with E-state index in [-0.39, 0.29) is 77.5 Å². The molecular formula is C40H36ClF3N6O9. The van der Waals surface area contributed by atoms with Gasteiger partial charge >= 0.3 is 18.2 Å². The highest BCUT2D eigenvalue weighted by molar-refractivity contribution is 6.19. The Morgan fingerprint density at radius 3 is 2.56 bits per heavy atom. The average Bonchev–Trinajstić information content (AvgIpc) is 4.00. The van der Waals surface area contributed by atoms with Crippen LogP contribution in [0.5, 0.6) is 11.5 Å². The lowest BCUT2D eigenvalue weighted by Crippen LogP contribution is -2.55. The van der Waals surface area contributed by atoms with Gasteiger partial charge in [-0.15, -0.1) is 0 Å². The fourth-order valence-corrected chi connectivity index (χ4v) is 8.10. The van der Waals surface area contributed by atoms with E-state index in [1.807, 2.05) is 11.9 Å². The van der Waals surface area contributed by atoms with Crippen LogP contribution in [0.15, 0.2) is 59.0 Å². The first-order valence-corrected chi connectivity index (χ1v) is 18.9. The van der Waals surface area contributed by atoms with Crippen LogP contribution in [0.1, 0.15) is 54.6 Å². The van der Waals surface area contributed by atoms with E-state index in [9.17, 15) is 37.5 Å². The molecule has 1 fully saturated rings. The molecule has 0 saturated carbocycles. The van der Waals surface area contributed by atoms with Gasteiger partial charge in [-0.3, -0.25) is 14.3 Å². The summed E-state index contributed by atoms with van der Waals surface area (Å²) >= 11 is 5.63. The van der Waals surface area contributed by atoms with Gasteiger partial charge in [0.1, 0.15) is 11.4 Å². The number of halogens is 4. The molecule has 3 aromatic heterocycles. The zero-order valence-corrected chi connectivity index (χ0v) is 32.3. The summed E-state index contributed by atoms with van der Waals surface area (Å²) in [5.41, 5.74) is -1.43. The Kier molecular flexibility index (Phi) is 10.2. The first-order valence-electron chi connectivity index (χ1n) is 18.4. The zero-order chi connectivity index (χ0) is 41.9. The normalized spacial score (nSPS) is 15.9. The number of benzene rings is 3. The number of furan rings is 1. The summed E-state index contributed by atoms with van der Waals surface area (Å²) in [5.74, 6) is 4.11. The highest BCUT2D eigenvalue weighted by Gasteiger charge is 2.43. The zero-order valence-electron chi connectivity index (χ0n) is 31.5. The number of nitrogens with two attached hydrogens (primary N) is 1. The lowest BCUT2D eigenvalue weighted by molar-refractivity contribution is -0.141. The highest BCUT2D eigenvalue weighted by atomic mass is 35.5. The number of carbonyl (C=O) groups excluding carboxylic acids is 4. The molecule has 4 N–H and O–H groups in total. The smallest absolute Gasteiger partial charge is 0.432 e. The lowest BCUT2D eigenvalue weighted by atomic mass is 10.0. The number of esters is 1. The number of aliphatic hydroxyl groups excluding tert-OH is 1. The number of aromatic nitrogens is 2. The van der Waals surface area contributed by atoms with Crippen molar-refractivity contribution in [3.63, 3.8) is 0 Å². The third-order valence-electron chi connectivity index (χ3n) is 10.8. The van der Waals surface area contributed by atoms with Gasteiger partial charge < -0.3 is 49.3 Å². The van der Waals surface area contributed by atoms with Crippen molar-refractivity contribution in [2.45, 2.75) is 25.1 Å². The molecule has 0 radical (unpaired) electrons. The van der Waals surface area contributed by atoms with Crippen molar-refractivity contribution >= 4 is 73.8 Å². The molecule has 1 unspecified atom stereocenters. The van der Waals surface area contributed by atoms with E-state index in [1.54, 1.807) is 36.4 Å². The van der Waals surface area contributed by atoms with E-state index in [1.165, 1.54) is 35.1 Å². The Morgan fingerprint density at radius 2 is 1.83 bits per heavy atom. The third-order valence-corrected chi connectivity index (χ3v) is 10.9. The van der Waals surface area contributed by atoms with Crippen molar-refractivity contribution in [2.75, 3.05) is 63.8 Å². The van der Waals surface area contributed by atoms with Gasteiger partial charge in [-0.05, 0) is 61.9 Å². The van der Waals surface area contributed by atoms with Crippen molar-refractivity contribution in [2.24, 2.45) is 0 Å².